The van der Waals surface area contributed by atoms with E-state index in [4.69, 9.17) is 4.78 Å². The molecule has 1 aliphatic heterocycles. The monoisotopic (exact) mass is 290 g/mol. The minimum absolute atomic E-state index is 0.385. The first-order valence-corrected chi connectivity index (χ1v) is 8.30. The normalized spacial score (nSPS) is 21.8. The molecular formula is C14H18N4OS. The third kappa shape index (κ3) is 2.20. The second-order valence-corrected chi connectivity index (χ2v) is 7.37. The van der Waals surface area contributed by atoms with Gasteiger partial charge in [0.1, 0.15) is 0 Å². The molecule has 1 unspecified atom stereocenters. The molecule has 3 rings (SSSR count). The average molecular weight is 290 g/mol. The Morgan fingerprint density at radius 3 is 2.85 bits per heavy atom. The summed E-state index contributed by atoms with van der Waals surface area (Å²) in [6, 6.07) is 9.59. The Labute approximate surface area is 119 Å². The molecule has 0 saturated carbocycles. The molecule has 5 nitrogen and oxygen atoms in total. The molecule has 1 aromatic heterocycles. The first-order valence-electron chi connectivity index (χ1n) is 6.57. The zero-order valence-corrected chi connectivity index (χ0v) is 12.5. The minimum Gasteiger partial charge on any atom is -0.364 e. The first kappa shape index (κ1) is 13.2. The highest BCUT2D eigenvalue weighted by atomic mass is 32.2. The van der Waals surface area contributed by atoms with Crippen LogP contribution in [0.25, 0.3) is 0 Å². The van der Waals surface area contributed by atoms with Crippen molar-refractivity contribution in [1.29, 1.82) is 4.78 Å². The van der Waals surface area contributed by atoms with E-state index in [1.807, 2.05) is 36.9 Å². The maximum absolute atomic E-state index is 12.3. The number of hydrogen-bond donors (Lipinski definition) is 1. The lowest BCUT2D eigenvalue weighted by Gasteiger charge is -2.31. The predicted molar refractivity (Wildman–Crippen MR) is 79.4 cm³/mol. The van der Waals surface area contributed by atoms with Gasteiger partial charge in [0.05, 0.1) is 38.3 Å². The minimum atomic E-state index is -2.64. The van der Waals surface area contributed by atoms with Gasteiger partial charge in [-0.25, -0.2) is 8.99 Å². The Bertz CT molecular complexity index is 729. The molecule has 1 N–H and O–H groups in total. The fourth-order valence-corrected chi connectivity index (χ4v) is 4.07. The SMILES string of the molecule is Cc1cc(CN2CCS(=N)(=O)c3ccccc32)nn1C. The number of para-hydroxylation sites is 1. The van der Waals surface area contributed by atoms with Gasteiger partial charge in [0, 0.05) is 19.3 Å². The van der Waals surface area contributed by atoms with Gasteiger partial charge in [0.25, 0.3) is 0 Å². The van der Waals surface area contributed by atoms with Crippen molar-refractivity contribution >= 4 is 15.4 Å². The van der Waals surface area contributed by atoms with Gasteiger partial charge in [-0.3, -0.25) is 4.68 Å². The number of hydrogen-bond acceptors (Lipinski definition) is 4. The highest BCUT2D eigenvalue weighted by molar-refractivity contribution is 7.92. The highest BCUT2D eigenvalue weighted by Gasteiger charge is 2.25. The van der Waals surface area contributed by atoms with E-state index >= 15 is 0 Å². The summed E-state index contributed by atoms with van der Waals surface area (Å²) in [5, 5.41) is 4.47. The number of nitrogens with one attached hydrogen (secondary N) is 1. The van der Waals surface area contributed by atoms with E-state index in [1.54, 1.807) is 6.07 Å². The fourth-order valence-electron chi connectivity index (χ4n) is 2.54. The molecule has 6 heteroatoms. The van der Waals surface area contributed by atoms with E-state index in [1.165, 1.54) is 0 Å². The summed E-state index contributed by atoms with van der Waals surface area (Å²) in [5.74, 6) is 0.385. The molecule has 20 heavy (non-hydrogen) atoms. The van der Waals surface area contributed by atoms with E-state index in [0.29, 0.717) is 23.7 Å². The summed E-state index contributed by atoms with van der Waals surface area (Å²) in [6.45, 7) is 3.35. The van der Waals surface area contributed by atoms with Gasteiger partial charge in [-0.1, -0.05) is 12.1 Å². The van der Waals surface area contributed by atoms with Crippen molar-refractivity contribution < 1.29 is 4.21 Å². The smallest absolute Gasteiger partial charge is 0.0820 e. The van der Waals surface area contributed by atoms with Gasteiger partial charge in [0.2, 0.25) is 0 Å². The number of nitrogens with zero attached hydrogens (tertiary/aromatic N) is 3. The molecule has 0 saturated heterocycles. The predicted octanol–water partition coefficient (Wildman–Crippen LogP) is 2.15. The molecule has 1 aliphatic rings. The number of aromatic nitrogens is 2. The Morgan fingerprint density at radius 2 is 2.15 bits per heavy atom. The van der Waals surface area contributed by atoms with Gasteiger partial charge in [-0.15, -0.1) is 0 Å². The van der Waals surface area contributed by atoms with Crippen LogP contribution in [0, 0.1) is 11.7 Å². The molecule has 106 valence electrons. The van der Waals surface area contributed by atoms with Gasteiger partial charge >= 0.3 is 0 Å². The molecule has 1 atom stereocenters. The van der Waals surface area contributed by atoms with E-state index in [0.717, 1.165) is 17.1 Å². The van der Waals surface area contributed by atoms with E-state index in [-0.39, 0.29) is 0 Å². The fraction of sp³-hybridized carbons (Fsp3) is 0.357. The van der Waals surface area contributed by atoms with Crippen LogP contribution in [0.3, 0.4) is 0 Å². The number of benzene rings is 1. The van der Waals surface area contributed by atoms with Crippen molar-refractivity contribution in [3.8, 4) is 0 Å². The lowest BCUT2D eigenvalue weighted by atomic mass is 10.2. The van der Waals surface area contributed by atoms with Crippen molar-refractivity contribution in [1.82, 2.24) is 9.78 Å². The average Bonchev–Trinajstić information content (AvgIpc) is 2.72. The molecule has 2 aromatic rings. The largest absolute Gasteiger partial charge is 0.364 e. The van der Waals surface area contributed by atoms with Crippen LogP contribution in [0.5, 0.6) is 0 Å². The number of rotatable bonds is 2. The van der Waals surface area contributed by atoms with E-state index in [2.05, 4.69) is 16.1 Å². The van der Waals surface area contributed by atoms with Crippen LogP contribution >= 0.6 is 0 Å². The molecular weight excluding hydrogens is 272 g/mol. The van der Waals surface area contributed by atoms with Crippen LogP contribution in [-0.4, -0.2) is 26.3 Å². The third-order valence-corrected chi connectivity index (χ3v) is 5.54. The molecule has 0 spiro atoms. The molecule has 0 amide bonds. The first-order chi connectivity index (χ1) is 9.47. The summed E-state index contributed by atoms with van der Waals surface area (Å²) in [6.07, 6.45) is 0. The van der Waals surface area contributed by atoms with Crippen LogP contribution in [0.4, 0.5) is 5.69 Å². The summed E-state index contributed by atoms with van der Waals surface area (Å²) in [4.78, 5) is 2.81. The molecule has 0 fully saturated rings. The summed E-state index contributed by atoms with van der Waals surface area (Å²) >= 11 is 0. The summed E-state index contributed by atoms with van der Waals surface area (Å²) in [5.41, 5.74) is 3.02. The van der Waals surface area contributed by atoms with Crippen LogP contribution in [-0.2, 0) is 23.3 Å². The highest BCUT2D eigenvalue weighted by Crippen LogP contribution is 2.31. The summed E-state index contributed by atoms with van der Waals surface area (Å²) in [7, 11) is -0.707. The lowest BCUT2D eigenvalue weighted by molar-refractivity contribution is 0.662. The molecule has 0 radical (unpaired) electrons. The van der Waals surface area contributed by atoms with Crippen molar-refractivity contribution in [2.75, 3.05) is 17.2 Å². The molecule has 0 aliphatic carbocycles. The summed E-state index contributed by atoms with van der Waals surface area (Å²) < 4.78 is 22.2. The molecule has 2 heterocycles. The van der Waals surface area contributed by atoms with Crippen molar-refractivity contribution in [3.63, 3.8) is 0 Å². The Kier molecular flexibility index (Phi) is 3.05. The van der Waals surface area contributed by atoms with Crippen LogP contribution < -0.4 is 4.90 Å². The van der Waals surface area contributed by atoms with Crippen molar-refractivity contribution in [2.24, 2.45) is 7.05 Å². The lowest BCUT2D eigenvalue weighted by Crippen LogP contribution is -2.34. The topological polar surface area (TPSA) is 62.0 Å². The number of aryl methyl sites for hydroxylation is 2. The third-order valence-electron chi connectivity index (χ3n) is 3.73. The second kappa shape index (κ2) is 4.63. The maximum atomic E-state index is 12.3. The standard InChI is InChI=1S/C14H18N4OS/c1-11-9-12(16-17(11)2)10-18-7-8-20(15,19)14-6-4-3-5-13(14)18/h3-6,9,15H,7-8,10H2,1-2H3. The van der Waals surface area contributed by atoms with Crippen LogP contribution in [0.1, 0.15) is 11.4 Å². The van der Waals surface area contributed by atoms with Crippen molar-refractivity contribution in [2.45, 2.75) is 18.4 Å². The van der Waals surface area contributed by atoms with Crippen LogP contribution in [0.15, 0.2) is 35.2 Å². The van der Waals surface area contributed by atoms with Gasteiger partial charge in [-0.05, 0) is 25.1 Å². The molecule has 0 bridgehead atoms. The van der Waals surface area contributed by atoms with E-state index < -0.39 is 9.73 Å². The van der Waals surface area contributed by atoms with Crippen LogP contribution in [0.2, 0.25) is 0 Å². The quantitative estimate of drug-likeness (QED) is 0.922. The van der Waals surface area contributed by atoms with Crippen molar-refractivity contribution in [3.05, 3.63) is 41.7 Å². The van der Waals surface area contributed by atoms with Gasteiger partial charge in [-0.2, -0.15) is 5.10 Å². The maximum Gasteiger partial charge on any atom is 0.0820 e. The zero-order valence-electron chi connectivity index (χ0n) is 11.7. The van der Waals surface area contributed by atoms with Gasteiger partial charge in [0.15, 0.2) is 0 Å². The molecule has 1 aromatic carbocycles. The Hall–Kier alpha value is -1.82. The zero-order chi connectivity index (χ0) is 14.3. The van der Waals surface area contributed by atoms with E-state index in [9.17, 15) is 4.21 Å². The number of anilines is 1. The Morgan fingerprint density at radius 1 is 1.40 bits per heavy atom. The van der Waals surface area contributed by atoms with Gasteiger partial charge < -0.3 is 4.90 Å². The Balaban J connectivity index is 1.96. The second-order valence-electron chi connectivity index (χ2n) is 5.17. The number of fused-ring (bicyclic) bond motifs is 1.